The van der Waals surface area contributed by atoms with Gasteiger partial charge in [-0.2, -0.15) is 4.31 Å². The number of aliphatic carboxylic acids is 1. The molecular weight excluding hydrogens is 331 g/mol. The highest BCUT2D eigenvalue weighted by Gasteiger charge is 2.39. The summed E-state index contributed by atoms with van der Waals surface area (Å²) in [5.41, 5.74) is 1.93. The lowest BCUT2D eigenvalue weighted by Crippen LogP contribution is -2.46. The smallest absolute Gasteiger partial charge is 0.332 e. The summed E-state index contributed by atoms with van der Waals surface area (Å²) in [6.45, 7) is -0.597. The topological polar surface area (TPSA) is 113 Å². The van der Waals surface area contributed by atoms with Crippen LogP contribution in [0.3, 0.4) is 0 Å². The first-order valence-electron chi connectivity index (χ1n) is 6.73. The van der Waals surface area contributed by atoms with Crippen LogP contribution in [0.2, 0.25) is 0 Å². The van der Waals surface area contributed by atoms with Crippen molar-refractivity contribution in [2.24, 2.45) is 0 Å². The maximum absolute atomic E-state index is 12.9. The molecule has 2 rings (SSSR count). The standard InChI is InChI=1S/C13H15FN2O6S/c14-9-3-5-10(6-4-9)23(20,21)16-7-1-2-11(16)13(19)15-22-8-12(17)18/h3-6,11H,1-2,7-8H2,(H,15,19)(H,17,18)/t11-/m1/s1. The van der Waals surface area contributed by atoms with Gasteiger partial charge in [0.25, 0.3) is 5.91 Å². The van der Waals surface area contributed by atoms with E-state index in [9.17, 15) is 22.4 Å². The van der Waals surface area contributed by atoms with Gasteiger partial charge in [-0.05, 0) is 37.1 Å². The van der Waals surface area contributed by atoms with Gasteiger partial charge in [0.1, 0.15) is 11.9 Å². The number of carboxylic acid groups (broad SMARTS) is 1. The molecule has 0 unspecified atom stereocenters. The number of amides is 1. The number of nitrogens with zero attached hydrogens (tertiary/aromatic N) is 1. The van der Waals surface area contributed by atoms with Crippen LogP contribution in [0.15, 0.2) is 29.2 Å². The first kappa shape index (κ1) is 17.3. The fourth-order valence-corrected chi connectivity index (χ4v) is 3.93. The van der Waals surface area contributed by atoms with Gasteiger partial charge in [-0.1, -0.05) is 0 Å². The number of benzene rings is 1. The average molecular weight is 346 g/mol. The minimum absolute atomic E-state index is 0.120. The monoisotopic (exact) mass is 346 g/mol. The zero-order valence-electron chi connectivity index (χ0n) is 11.9. The van der Waals surface area contributed by atoms with Gasteiger partial charge in [0.05, 0.1) is 4.90 Å². The van der Waals surface area contributed by atoms with Crippen molar-refractivity contribution in [1.29, 1.82) is 0 Å². The Morgan fingerprint density at radius 2 is 2.00 bits per heavy atom. The highest BCUT2D eigenvalue weighted by Crippen LogP contribution is 2.26. The Morgan fingerprint density at radius 1 is 1.35 bits per heavy atom. The molecule has 1 heterocycles. The number of carbonyl (C=O) groups excluding carboxylic acids is 1. The first-order chi connectivity index (χ1) is 10.8. The zero-order chi connectivity index (χ0) is 17.0. The molecule has 1 amide bonds. The van der Waals surface area contributed by atoms with Gasteiger partial charge in [-0.3, -0.25) is 9.63 Å². The van der Waals surface area contributed by atoms with Crippen molar-refractivity contribution >= 4 is 21.9 Å². The summed E-state index contributed by atoms with van der Waals surface area (Å²) in [6.07, 6.45) is 0.750. The molecule has 1 aliphatic rings. The minimum Gasteiger partial charge on any atom is -0.479 e. The second-order valence-electron chi connectivity index (χ2n) is 4.88. The Balaban J connectivity index is 2.12. The van der Waals surface area contributed by atoms with Gasteiger partial charge < -0.3 is 5.11 Å². The van der Waals surface area contributed by atoms with E-state index >= 15 is 0 Å². The molecule has 0 saturated carbocycles. The minimum atomic E-state index is -3.96. The summed E-state index contributed by atoms with van der Waals surface area (Å²) in [5, 5.41) is 8.43. The molecule has 0 bridgehead atoms. The van der Waals surface area contributed by atoms with Crippen LogP contribution in [-0.4, -0.2) is 48.9 Å². The highest BCUT2D eigenvalue weighted by atomic mass is 32.2. The number of carboxylic acids is 1. The van der Waals surface area contributed by atoms with Crippen LogP contribution in [0.1, 0.15) is 12.8 Å². The largest absolute Gasteiger partial charge is 0.479 e. The molecule has 10 heteroatoms. The summed E-state index contributed by atoms with van der Waals surface area (Å²) < 4.78 is 39.0. The number of hydrogen-bond donors (Lipinski definition) is 2. The second-order valence-corrected chi connectivity index (χ2v) is 6.77. The average Bonchev–Trinajstić information content (AvgIpc) is 2.97. The Hall–Kier alpha value is -2.04. The number of hydroxylamine groups is 1. The molecule has 2 N–H and O–H groups in total. The number of halogens is 1. The van der Waals surface area contributed by atoms with Crippen molar-refractivity contribution in [3.05, 3.63) is 30.1 Å². The van der Waals surface area contributed by atoms with E-state index < -0.39 is 40.4 Å². The fraction of sp³-hybridized carbons (Fsp3) is 0.385. The fourth-order valence-electron chi connectivity index (χ4n) is 2.27. The van der Waals surface area contributed by atoms with E-state index in [4.69, 9.17) is 5.11 Å². The Morgan fingerprint density at radius 3 is 2.61 bits per heavy atom. The Labute approximate surface area is 131 Å². The van der Waals surface area contributed by atoms with E-state index in [2.05, 4.69) is 4.84 Å². The summed E-state index contributed by atoms with van der Waals surface area (Å²) in [4.78, 5) is 26.7. The molecule has 1 aromatic rings. The van der Waals surface area contributed by atoms with Crippen molar-refractivity contribution in [2.45, 2.75) is 23.8 Å². The number of hydrogen-bond acceptors (Lipinski definition) is 5. The van der Waals surface area contributed by atoms with E-state index in [1.165, 1.54) is 0 Å². The zero-order valence-corrected chi connectivity index (χ0v) is 12.8. The highest BCUT2D eigenvalue weighted by molar-refractivity contribution is 7.89. The van der Waals surface area contributed by atoms with E-state index in [1.807, 2.05) is 5.48 Å². The SMILES string of the molecule is O=C(O)CONC(=O)[C@H]1CCCN1S(=O)(=O)c1ccc(F)cc1. The third kappa shape index (κ3) is 4.03. The lowest BCUT2D eigenvalue weighted by atomic mass is 10.2. The third-order valence-electron chi connectivity index (χ3n) is 3.29. The van der Waals surface area contributed by atoms with Gasteiger partial charge in [-0.15, -0.1) is 0 Å². The Bertz CT molecular complexity index is 691. The van der Waals surface area contributed by atoms with Crippen LogP contribution in [0.5, 0.6) is 0 Å². The molecule has 23 heavy (non-hydrogen) atoms. The van der Waals surface area contributed by atoms with E-state index in [0.717, 1.165) is 28.6 Å². The molecule has 126 valence electrons. The van der Waals surface area contributed by atoms with Crippen molar-refractivity contribution in [1.82, 2.24) is 9.79 Å². The van der Waals surface area contributed by atoms with Gasteiger partial charge in [0.15, 0.2) is 6.61 Å². The molecule has 1 saturated heterocycles. The summed E-state index contributed by atoms with van der Waals surface area (Å²) in [7, 11) is -3.96. The molecule has 0 aromatic heterocycles. The van der Waals surface area contributed by atoms with Gasteiger partial charge in [0, 0.05) is 6.54 Å². The molecule has 1 atom stereocenters. The number of rotatable bonds is 6. The summed E-state index contributed by atoms with van der Waals surface area (Å²) in [6, 6.07) is 3.29. The van der Waals surface area contributed by atoms with Crippen LogP contribution >= 0.6 is 0 Å². The maximum atomic E-state index is 12.9. The predicted octanol–water partition coefficient (Wildman–Crippen LogP) is 0.111. The van der Waals surface area contributed by atoms with Gasteiger partial charge in [-0.25, -0.2) is 23.1 Å². The molecule has 0 spiro atoms. The summed E-state index contributed by atoms with van der Waals surface area (Å²) in [5.74, 6) is -2.58. The van der Waals surface area contributed by atoms with E-state index in [1.54, 1.807) is 0 Å². The normalized spacial score (nSPS) is 18.7. The molecule has 1 aliphatic heterocycles. The quantitative estimate of drug-likeness (QED) is 0.707. The van der Waals surface area contributed by atoms with Gasteiger partial charge in [0.2, 0.25) is 10.0 Å². The van der Waals surface area contributed by atoms with Crippen LogP contribution in [0.25, 0.3) is 0 Å². The Kier molecular flexibility index (Phi) is 5.29. The lowest BCUT2D eigenvalue weighted by Gasteiger charge is -2.23. The van der Waals surface area contributed by atoms with Crippen LogP contribution in [-0.2, 0) is 24.4 Å². The van der Waals surface area contributed by atoms with Crippen molar-refractivity contribution < 1.29 is 32.3 Å². The molecule has 0 radical (unpaired) electrons. The third-order valence-corrected chi connectivity index (χ3v) is 5.22. The number of sulfonamides is 1. The van der Waals surface area contributed by atoms with Gasteiger partial charge >= 0.3 is 5.97 Å². The van der Waals surface area contributed by atoms with Crippen LogP contribution in [0, 0.1) is 5.82 Å². The van der Waals surface area contributed by atoms with E-state index in [0.29, 0.717) is 6.42 Å². The van der Waals surface area contributed by atoms with Crippen LogP contribution < -0.4 is 5.48 Å². The van der Waals surface area contributed by atoms with Crippen LogP contribution in [0.4, 0.5) is 4.39 Å². The number of nitrogens with one attached hydrogen (secondary N) is 1. The molecule has 1 aromatic carbocycles. The van der Waals surface area contributed by atoms with Crippen molar-refractivity contribution in [3.63, 3.8) is 0 Å². The molecule has 8 nitrogen and oxygen atoms in total. The van der Waals surface area contributed by atoms with Crippen molar-refractivity contribution in [3.8, 4) is 0 Å². The van der Waals surface area contributed by atoms with E-state index in [-0.39, 0.29) is 17.9 Å². The second kappa shape index (κ2) is 7.02. The lowest BCUT2D eigenvalue weighted by molar-refractivity contribution is -0.150. The van der Waals surface area contributed by atoms with Crippen molar-refractivity contribution in [2.75, 3.05) is 13.2 Å². The predicted molar refractivity (Wildman–Crippen MR) is 75.0 cm³/mol. The number of carbonyl (C=O) groups is 2. The first-order valence-corrected chi connectivity index (χ1v) is 8.17. The maximum Gasteiger partial charge on any atom is 0.332 e. The molecular formula is C13H15FN2O6S. The molecule has 1 fully saturated rings. The molecule has 0 aliphatic carbocycles. The summed E-state index contributed by atoms with van der Waals surface area (Å²) >= 11 is 0.